The van der Waals surface area contributed by atoms with Gasteiger partial charge in [0, 0.05) is 36.2 Å². The molecule has 0 spiro atoms. The van der Waals surface area contributed by atoms with E-state index in [0.29, 0.717) is 21.5 Å². The summed E-state index contributed by atoms with van der Waals surface area (Å²) in [5.41, 5.74) is 0.0500. The second-order valence-corrected chi connectivity index (χ2v) is 4.08. The molecule has 2 aromatic heterocycles. The van der Waals surface area contributed by atoms with Crippen molar-refractivity contribution in [3.05, 3.63) is 24.7 Å². The molecule has 2 aromatic rings. The first-order valence-corrected chi connectivity index (χ1v) is 5.49. The summed E-state index contributed by atoms with van der Waals surface area (Å²) in [7, 11) is 1.59. The molecule has 7 heteroatoms. The monoisotopic (exact) mass is 320 g/mol. The largest absolute Gasteiger partial charge is 0.329 e. The van der Waals surface area contributed by atoms with Gasteiger partial charge in [-0.15, -0.1) is 0 Å². The van der Waals surface area contributed by atoms with Crippen molar-refractivity contribution >= 4 is 33.8 Å². The van der Waals surface area contributed by atoms with Gasteiger partial charge < -0.3 is 4.57 Å². The van der Waals surface area contributed by atoms with Gasteiger partial charge in [0.25, 0.3) is 5.56 Å². The standard InChI is InChI=1S/C8H9IN4O2/c1-3-13-4-5(10-7(13)9)12(2)8(15)11-6(4)14/h3H2,1-2H3,(H,11,14,15). The van der Waals surface area contributed by atoms with E-state index < -0.39 is 5.69 Å². The van der Waals surface area contributed by atoms with Crippen molar-refractivity contribution in [1.82, 2.24) is 19.1 Å². The van der Waals surface area contributed by atoms with Crippen LogP contribution in [0, 0.1) is 3.83 Å². The molecular weight excluding hydrogens is 311 g/mol. The molecule has 0 aliphatic heterocycles. The van der Waals surface area contributed by atoms with Crippen LogP contribution in [0.3, 0.4) is 0 Å². The highest BCUT2D eigenvalue weighted by molar-refractivity contribution is 14.1. The summed E-state index contributed by atoms with van der Waals surface area (Å²) >= 11 is 2.04. The van der Waals surface area contributed by atoms with Crippen LogP contribution in [-0.4, -0.2) is 19.1 Å². The Bertz CT molecular complexity index is 636. The van der Waals surface area contributed by atoms with Crippen molar-refractivity contribution in [2.45, 2.75) is 13.5 Å². The normalized spacial score (nSPS) is 11.1. The zero-order chi connectivity index (χ0) is 11.2. The molecule has 0 saturated carbocycles. The number of aromatic nitrogens is 4. The Balaban J connectivity index is 3.10. The number of imidazole rings is 1. The number of rotatable bonds is 1. The first kappa shape index (κ1) is 10.4. The van der Waals surface area contributed by atoms with Gasteiger partial charge in [0.2, 0.25) is 0 Å². The molecule has 1 N–H and O–H groups in total. The summed E-state index contributed by atoms with van der Waals surface area (Å²) < 4.78 is 3.82. The van der Waals surface area contributed by atoms with E-state index in [1.165, 1.54) is 4.57 Å². The van der Waals surface area contributed by atoms with Gasteiger partial charge in [-0.1, -0.05) is 0 Å². The lowest BCUT2D eigenvalue weighted by molar-refractivity contribution is 0.757. The highest BCUT2D eigenvalue weighted by Crippen LogP contribution is 2.11. The fraction of sp³-hybridized carbons (Fsp3) is 0.375. The molecule has 0 aliphatic rings. The average Bonchev–Trinajstić information content (AvgIpc) is 2.52. The minimum Gasteiger partial charge on any atom is -0.314 e. The molecule has 15 heavy (non-hydrogen) atoms. The number of aryl methyl sites for hydroxylation is 2. The molecule has 6 nitrogen and oxygen atoms in total. The number of aromatic amines is 1. The summed E-state index contributed by atoms with van der Waals surface area (Å²) in [6, 6.07) is 0. The fourth-order valence-corrected chi connectivity index (χ4v) is 2.31. The van der Waals surface area contributed by atoms with Crippen LogP contribution in [0.15, 0.2) is 9.59 Å². The van der Waals surface area contributed by atoms with Crippen LogP contribution < -0.4 is 11.2 Å². The van der Waals surface area contributed by atoms with Gasteiger partial charge in [-0.05, 0) is 6.92 Å². The summed E-state index contributed by atoms with van der Waals surface area (Å²) in [4.78, 5) is 29.4. The Hall–Kier alpha value is -1.12. The lowest BCUT2D eigenvalue weighted by Gasteiger charge is -2.00. The van der Waals surface area contributed by atoms with Crippen LogP contribution in [-0.2, 0) is 13.6 Å². The van der Waals surface area contributed by atoms with E-state index in [9.17, 15) is 9.59 Å². The summed E-state index contributed by atoms with van der Waals surface area (Å²) in [6.07, 6.45) is 0. The zero-order valence-electron chi connectivity index (χ0n) is 8.24. The number of halogens is 1. The van der Waals surface area contributed by atoms with Gasteiger partial charge in [-0.3, -0.25) is 14.3 Å². The SMILES string of the molecule is CCn1c(I)nc2c1c(=O)[nH]c(=O)n2C. The number of nitrogens with one attached hydrogen (secondary N) is 1. The lowest BCUT2D eigenvalue weighted by atomic mass is 10.5. The van der Waals surface area contributed by atoms with E-state index in [2.05, 4.69) is 9.97 Å². The minimum absolute atomic E-state index is 0.384. The van der Waals surface area contributed by atoms with Crippen LogP contribution in [0.5, 0.6) is 0 Å². The fourth-order valence-electron chi connectivity index (χ4n) is 1.50. The quantitative estimate of drug-likeness (QED) is 0.596. The van der Waals surface area contributed by atoms with Crippen molar-refractivity contribution in [2.24, 2.45) is 7.05 Å². The van der Waals surface area contributed by atoms with Crippen molar-refractivity contribution in [3.63, 3.8) is 0 Å². The third kappa shape index (κ3) is 1.41. The Morgan fingerprint density at radius 2 is 2.13 bits per heavy atom. The second kappa shape index (κ2) is 3.47. The van der Waals surface area contributed by atoms with Crippen LogP contribution in [0.25, 0.3) is 11.2 Å². The minimum atomic E-state index is -0.440. The topological polar surface area (TPSA) is 72.7 Å². The summed E-state index contributed by atoms with van der Waals surface area (Å²) in [6.45, 7) is 2.57. The summed E-state index contributed by atoms with van der Waals surface area (Å²) in [5.74, 6) is 0. The Morgan fingerprint density at radius 3 is 2.73 bits per heavy atom. The smallest absolute Gasteiger partial charge is 0.314 e. The highest BCUT2D eigenvalue weighted by Gasteiger charge is 2.13. The van der Waals surface area contributed by atoms with Crippen molar-refractivity contribution in [3.8, 4) is 0 Å². The second-order valence-electron chi connectivity index (χ2n) is 3.12. The van der Waals surface area contributed by atoms with E-state index in [-0.39, 0.29) is 5.56 Å². The third-order valence-electron chi connectivity index (χ3n) is 2.28. The van der Waals surface area contributed by atoms with Gasteiger partial charge in [-0.2, -0.15) is 0 Å². The molecule has 0 bridgehead atoms. The molecule has 0 atom stereocenters. The number of hydrogen-bond acceptors (Lipinski definition) is 3. The average molecular weight is 320 g/mol. The van der Waals surface area contributed by atoms with E-state index in [4.69, 9.17) is 0 Å². The van der Waals surface area contributed by atoms with Crippen LogP contribution >= 0.6 is 22.6 Å². The molecule has 80 valence electrons. The lowest BCUT2D eigenvalue weighted by Crippen LogP contribution is -2.29. The molecule has 0 radical (unpaired) electrons. The Labute approximate surface area is 98.1 Å². The number of nitrogens with zero attached hydrogens (tertiary/aromatic N) is 3. The maximum absolute atomic E-state index is 11.6. The van der Waals surface area contributed by atoms with E-state index in [1.807, 2.05) is 29.5 Å². The van der Waals surface area contributed by atoms with Gasteiger partial charge in [0.05, 0.1) is 0 Å². The van der Waals surface area contributed by atoms with Gasteiger partial charge in [-0.25, -0.2) is 9.78 Å². The van der Waals surface area contributed by atoms with E-state index in [1.54, 1.807) is 11.6 Å². The highest BCUT2D eigenvalue weighted by atomic mass is 127. The number of H-pyrrole nitrogens is 1. The first-order valence-electron chi connectivity index (χ1n) is 4.41. The molecule has 0 saturated heterocycles. The van der Waals surface area contributed by atoms with E-state index in [0.717, 1.165) is 0 Å². The Kier molecular flexibility index (Phi) is 2.41. The maximum atomic E-state index is 11.6. The van der Waals surface area contributed by atoms with Crippen molar-refractivity contribution < 1.29 is 0 Å². The first-order chi connectivity index (χ1) is 7.06. The predicted molar refractivity (Wildman–Crippen MR) is 64.0 cm³/mol. The van der Waals surface area contributed by atoms with Crippen molar-refractivity contribution in [2.75, 3.05) is 0 Å². The number of hydrogen-bond donors (Lipinski definition) is 1. The van der Waals surface area contributed by atoms with Gasteiger partial charge in [0.15, 0.2) is 15.0 Å². The van der Waals surface area contributed by atoms with E-state index >= 15 is 0 Å². The molecule has 2 rings (SSSR count). The molecule has 0 aromatic carbocycles. The maximum Gasteiger partial charge on any atom is 0.329 e. The molecule has 0 unspecified atom stereocenters. The molecule has 0 fully saturated rings. The van der Waals surface area contributed by atoms with Crippen LogP contribution in [0.2, 0.25) is 0 Å². The molecule has 2 heterocycles. The predicted octanol–water partition coefficient (Wildman–Crippen LogP) is 0.0478. The molecule has 0 amide bonds. The molecular formula is C8H9IN4O2. The van der Waals surface area contributed by atoms with Crippen LogP contribution in [0.4, 0.5) is 0 Å². The van der Waals surface area contributed by atoms with Crippen LogP contribution in [0.1, 0.15) is 6.92 Å². The molecule has 0 aliphatic carbocycles. The van der Waals surface area contributed by atoms with Crippen molar-refractivity contribution in [1.29, 1.82) is 0 Å². The zero-order valence-corrected chi connectivity index (χ0v) is 10.4. The Morgan fingerprint density at radius 1 is 1.47 bits per heavy atom. The summed E-state index contributed by atoms with van der Waals surface area (Å²) in [5, 5.41) is 0. The third-order valence-corrected chi connectivity index (χ3v) is 3.10. The van der Waals surface area contributed by atoms with Gasteiger partial charge >= 0.3 is 5.69 Å². The van der Waals surface area contributed by atoms with Gasteiger partial charge in [0.1, 0.15) is 0 Å². The number of fused-ring (bicyclic) bond motifs is 1.